The van der Waals surface area contributed by atoms with Gasteiger partial charge in [0.05, 0.1) is 12.1 Å². The molecule has 0 radical (unpaired) electrons. The van der Waals surface area contributed by atoms with Gasteiger partial charge in [0.25, 0.3) is 0 Å². The van der Waals surface area contributed by atoms with Crippen LogP contribution in [0.1, 0.15) is 19.8 Å². The molecule has 10 heavy (non-hydrogen) atoms. The van der Waals surface area contributed by atoms with Crippen molar-refractivity contribution in [1.29, 1.82) is 0 Å². The highest BCUT2D eigenvalue weighted by Crippen LogP contribution is 2.16. The van der Waals surface area contributed by atoms with Gasteiger partial charge in [-0.3, -0.25) is 0 Å². The highest BCUT2D eigenvalue weighted by molar-refractivity contribution is 5.33. The van der Waals surface area contributed by atoms with Crippen LogP contribution >= 0.6 is 0 Å². The monoisotopic (exact) mass is 141 g/mol. The van der Waals surface area contributed by atoms with Crippen LogP contribution in [0.15, 0.2) is 4.99 Å². The number of rotatable bonds is 2. The third kappa shape index (κ3) is 1.66. The summed E-state index contributed by atoms with van der Waals surface area (Å²) in [7, 11) is 0. The van der Waals surface area contributed by atoms with Gasteiger partial charge in [0.2, 0.25) is 6.08 Å². The van der Waals surface area contributed by atoms with Crippen molar-refractivity contribution in [3.05, 3.63) is 0 Å². The maximum atomic E-state index is 9.82. The molecule has 0 aromatic heterocycles. The fourth-order valence-corrected chi connectivity index (χ4v) is 1.15. The maximum Gasteiger partial charge on any atom is 0.235 e. The summed E-state index contributed by atoms with van der Waals surface area (Å²) >= 11 is 0. The highest BCUT2D eigenvalue weighted by atomic mass is 16.5. The van der Waals surface area contributed by atoms with Crippen molar-refractivity contribution in [3.63, 3.8) is 0 Å². The smallest absolute Gasteiger partial charge is 0.235 e. The number of hydrogen-bond donors (Lipinski definition) is 0. The predicted molar refractivity (Wildman–Crippen MR) is 36.6 cm³/mol. The van der Waals surface area contributed by atoms with Crippen molar-refractivity contribution >= 4 is 6.08 Å². The molecule has 1 fully saturated rings. The molecule has 0 bridgehead atoms. The molecule has 0 aromatic rings. The highest BCUT2D eigenvalue weighted by Gasteiger charge is 2.21. The van der Waals surface area contributed by atoms with E-state index in [1.807, 2.05) is 6.92 Å². The van der Waals surface area contributed by atoms with Gasteiger partial charge in [-0.15, -0.1) is 0 Å². The molecule has 3 heteroatoms. The standard InChI is InChI=1S/C7H11NO2/c1-6(8-5-9)7-3-2-4-10-7/h6-7H,2-4H2,1H3. The Morgan fingerprint density at radius 3 is 3.10 bits per heavy atom. The molecule has 0 aromatic carbocycles. The van der Waals surface area contributed by atoms with E-state index in [2.05, 4.69) is 4.99 Å². The second-order valence-electron chi connectivity index (χ2n) is 2.51. The van der Waals surface area contributed by atoms with E-state index in [0.717, 1.165) is 19.4 Å². The molecule has 3 nitrogen and oxygen atoms in total. The third-order valence-electron chi connectivity index (χ3n) is 1.76. The fraction of sp³-hybridized carbons (Fsp3) is 0.857. The molecular formula is C7H11NO2. The van der Waals surface area contributed by atoms with Crippen LogP contribution in [-0.4, -0.2) is 24.8 Å². The summed E-state index contributed by atoms with van der Waals surface area (Å²) in [6.45, 7) is 2.68. The van der Waals surface area contributed by atoms with Crippen LogP contribution in [0.5, 0.6) is 0 Å². The van der Waals surface area contributed by atoms with Crippen LogP contribution in [-0.2, 0) is 9.53 Å². The first kappa shape index (κ1) is 7.45. The van der Waals surface area contributed by atoms with Gasteiger partial charge < -0.3 is 4.74 Å². The van der Waals surface area contributed by atoms with Crippen molar-refractivity contribution in [2.24, 2.45) is 4.99 Å². The minimum absolute atomic E-state index is 0.0139. The second kappa shape index (κ2) is 3.49. The lowest BCUT2D eigenvalue weighted by Gasteiger charge is -2.10. The first-order valence-corrected chi connectivity index (χ1v) is 3.53. The van der Waals surface area contributed by atoms with Crippen LogP contribution in [0.3, 0.4) is 0 Å². The summed E-state index contributed by atoms with van der Waals surface area (Å²) in [4.78, 5) is 13.4. The lowest BCUT2D eigenvalue weighted by atomic mass is 10.1. The number of hydrogen-bond acceptors (Lipinski definition) is 3. The van der Waals surface area contributed by atoms with Gasteiger partial charge in [-0.05, 0) is 19.8 Å². The lowest BCUT2D eigenvalue weighted by Crippen LogP contribution is -2.19. The molecule has 1 saturated heterocycles. The van der Waals surface area contributed by atoms with Gasteiger partial charge in [0.1, 0.15) is 0 Å². The average Bonchev–Trinajstić information content (AvgIpc) is 2.38. The van der Waals surface area contributed by atoms with E-state index in [0.29, 0.717) is 0 Å². The minimum atomic E-state index is -0.0139. The van der Waals surface area contributed by atoms with Crippen molar-refractivity contribution in [3.8, 4) is 0 Å². The van der Waals surface area contributed by atoms with E-state index in [1.165, 1.54) is 6.08 Å². The van der Waals surface area contributed by atoms with Gasteiger partial charge >= 0.3 is 0 Å². The molecule has 1 aliphatic heterocycles. The van der Waals surface area contributed by atoms with Crippen LogP contribution < -0.4 is 0 Å². The molecule has 1 heterocycles. The fourth-order valence-electron chi connectivity index (χ4n) is 1.15. The van der Waals surface area contributed by atoms with Gasteiger partial charge in [0.15, 0.2) is 0 Å². The molecule has 0 amide bonds. The Morgan fingerprint density at radius 1 is 1.80 bits per heavy atom. The van der Waals surface area contributed by atoms with Gasteiger partial charge in [-0.2, -0.15) is 0 Å². The largest absolute Gasteiger partial charge is 0.376 e. The van der Waals surface area contributed by atoms with Gasteiger partial charge in [0, 0.05) is 6.61 Å². The lowest BCUT2D eigenvalue weighted by molar-refractivity contribution is 0.0953. The Bertz CT molecular complexity index is 146. The Hall–Kier alpha value is -0.660. The predicted octanol–water partition coefficient (Wildman–Crippen LogP) is 0.890. The zero-order valence-electron chi connectivity index (χ0n) is 6.04. The third-order valence-corrected chi connectivity index (χ3v) is 1.76. The second-order valence-corrected chi connectivity index (χ2v) is 2.51. The molecule has 1 rings (SSSR count). The molecule has 0 N–H and O–H groups in total. The van der Waals surface area contributed by atoms with E-state index in [4.69, 9.17) is 4.74 Å². The van der Waals surface area contributed by atoms with Crippen LogP contribution in [0, 0.1) is 0 Å². The molecular weight excluding hydrogens is 130 g/mol. The Morgan fingerprint density at radius 2 is 2.60 bits per heavy atom. The Kier molecular flexibility index (Phi) is 2.60. The first-order chi connectivity index (χ1) is 4.84. The average molecular weight is 141 g/mol. The molecule has 0 aliphatic carbocycles. The Labute approximate surface area is 60.1 Å². The van der Waals surface area contributed by atoms with Crippen molar-refractivity contribution in [2.75, 3.05) is 6.61 Å². The molecule has 0 spiro atoms. The van der Waals surface area contributed by atoms with E-state index in [9.17, 15) is 4.79 Å². The molecule has 0 saturated carbocycles. The number of aliphatic imine (C=N–C) groups is 1. The topological polar surface area (TPSA) is 38.7 Å². The Balaban J connectivity index is 2.39. The number of ether oxygens (including phenoxy) is 1. The quantitative estimate of drug-likeness (QED) is 0.423. The summed E-state index contributed by atoms with van der Waals surface area (Å²) in [6.07, 6.45) is 3.80. The maximum absolute atomic E-state index is 9.82. The van der Waals surface area contributed by atoms with E-state index >= 15 is 0 Å². The molecule has 1 aliphatic rings. The van der Waals surface area contributed by atoms with Gasteiger partial charge in [-0.25, -0.2) is 9.79 Å². The van der Waals surface area contributed by atoms with E-state index in [1.54, 1.807) is 0 Å². The van der Waals surface area contributed by atoms with E-state index < -0.39 is 0 Å². The summed E-state index contributed by atoms with van der Waals surface area (Å²) < 4.78 is 5.29. The number of isocyanates is 1. The molecule has 2 atom stereocenters. The molecule has 2 unspecified atom stereocenters. The number of nitrogens with zero attached hydrogens (tertiary/aromatic N) is 1. The summed E-state index contributed by atoms with van der Waals surface area (Å²) in [5.41, 5.74) is 0. The van der Waals surface area contributed by atoms with Crippen molar-refractivity contribution in [2.45, 2.75) is 31.9 Å². The van der Waals surface area contributed by atoms with E-state index in [-0.39, 0.29) is 12.1 Å². The van der Waals surface area contributed by atoms with Crippen LogP contribution in [0.4, 0.5) is 0 Å². The number of carbonyl (C=O) groups excluding carboxylic acids is 1. The SMILES string of the molecule is CC(N=C=O)C1CCCO1. The normalized spacial score (nSPS) is 27.5. The summed E-state index contributed by atoms with van der Waals surface area (Å²) in [6, 6.07) is -0.0139. The molecule has 56 valence electrons. The summed E-state index contributed by atoms with van der Waals surface area (Å²) in [5, 5.41) is 0. The van der Waals surface area contributed by atoms with Crippen LogP contribution in [0.2, 0.25) is 0 Å². The van der Waals surface area contributed by atoms with Gasteiger partial charge in [-0.1, -0.05) is 0 Å². The van der Waals surface area contributed by atoms with Crippen LogP contribution in [0.25, 0.3) is 0 Å². The first-order valence-electron chi connectivity index (χ1n) is 3.53. The van der Waals surface area contributed by atoms with Crippen molar-refractivity contribution < 1.29 is 9.53 Å². The minimum Gasteiger partial charge on any atom is -0.376 e. The van der Waals surface area contributed by atoms with Crippen molar-refractivity contribution in [1.82, 2.24) is 0 Å². The zero-order chi connectivity index (χ0) is 7.40. The summed E-state index contributed by atoms with van der Waals surface area (Å²) in [5.74, 6) is 0. The zero-order valence-corrected chi connectivity index (χ0v) is 6.04.